The highest BCUT2D eigenvalue weighted by Gasteiger charge is 2.31. The maximum absolute atomic E-state index is 6.81. The van der Waals surface area contributed by atoms with Crippen LogP contribution in [0.3, 0.4) is 0 Å². The molecule has 0 spiro atoms. The first-order valence-electron chi connectivity index (χ1n) is 21.6. The van der Waals surface area contributed by atoms with E-state index in [1.165, 1.54) is 63.0 Å². The molecule has 10 rings (SSSR count). The third kappa shape index (κ3) is 6.59. The van der Waals surface area contributed by atoms with Crippen LogP contribution < -0.4 is 14.5 Å². The van der Waals surface area contributed by atoms with E-state index in [1.54, 1.807) is 0 Å². The third-order valence-corrected chi connectivity index (χ3v) is 12.7. The maximum Gasteiger partial charge on any atom is 0.137 e. The van der Waals surface area contributed by atoms with Crippen LogP contribution in [0, 0.1) is 0 Å². The number of aromatic nitrogens is 4. The summed E-state index contributed by atoms with van der Waals surface area (Å²) in [7, 11) is 0. The molecule has 60 heavy (non-hydrogen) atoms. The van der Waals surface area contributed by atoms with Crippen LogP contribution in [-0.2, 0) is 29.2 Å². The van der Waals surface area contributed by atoms with Gasteiger partial charge in [-0.1, -0.05) is 86.6 Å². The molecule has 7 heteroatoms. The minimum Gasteiger partial charge on any atom is -0.457 e. The van der Waals surface area contributed by atoms with Gasteiger partial charge in [0.15, 0.2) is 0 Å². The average molecular weight is 793 g/mol. The van der Waals surface area contributed by atoms with Crippen molar-refractivity contribution >= 4 is 55.6 Å². The number of hydrogen-bond acceptors (Lipinski definition) is 5. The standard InChI is InChI=1S/C53H56N6O/c1-51(2,3)34-16-19-37(20-17-34)57-33-58(47-31-43-46(32-48(47)57)56-26-11-10-15-49(56)55-43)38-13-12-14-39(29-38)60-40-21-22-41-42-27-35(52(4,5)6)18-23-44(42)59(45(41)30-40)50-28-36(24-25-54-50)53(7,8)9/h12-14,16-25,27-32H,10-11,15,26,33H2,1-9H3. The van der Waals surface area contributed by atoms with E-state index in [4.69, 9.17) is 14.7 Å². The van der Waals surface area contributed by atoms with Gasteiger partial charge in [0.2, 0.25) is 0 Å². The number of benzene rings is 5. The van der Waals surface area contributed by atoms with Gasteiger partial charge in [-0.3, -0.25) is 4.57 Å². The first-order valence-corrected chi connectivity index (χ1v) is 21.6. The molecule has 2 aliphatic heterocycles. The van der Waals surface area contributed by atoms with Gasteiger partial charge >= 0.3 is 0 Å². The molecule has 0 aliphatic carbocycles. The molecule has 0 N–H and O–H groups in total. The summed E-state index contributed by atoms with van der Waals surface area (Å²) in [5, 5.41) is 2.39. The Morgan fingerprint density at radius 1 is 0.550 bits per heavy atom. The number of pyridine rings is 1. The Kier molecular flexibility index (Phi) is 8.73. The summed E-state index contributed by atoms with van der Waals surface area (Å²) in [6.07, 6.45) is 5.36. The van der Waals surface area contributed by atoms with E-state index in [-0.39, 0.29) is 16.2 Å². The Morgan fingerprint density at radius 2 is 1.25 bits per heavy atom. The fourth-order valence-corrected chi connectivity index (χ4v) is 9.14. The topological polar surface area (TPSA) is 51.4 Å². The SMILES string of the molecule is CC(C)(C)c1ccc(N2CN(c3cccc(Oc4ccc5c6cc(C(C)(C)C)ccc6n(-c6cc(C(C)(C)C)ccn6)c5c4)c3)c3cc4nc5n(c4cc32)CCCC5)cc1. The molecule has 5 aromatic carbocycles. The molecule has 0 radical (unpaired) electrons. The van der Waals surface area contributed by atoms with Gasteiger partial charge in [-0.05, 0) is 119 Å². The van der Waals surface area contributed by atoms with Crippen molar-refractivity contribution in [2.75, 3.05) is 16.5 Å². The van der Waals surface area contributed by atoms with Crippen molar-refractivity contribution in [1.82, 2.24) is 19.1 Å². The highest BCUT2D eigenvalue weighted by Crippen LogP contribution is 2.48. The van der Waals surface area contributed by atoms with Crippen LogP contribution in [0.25, 0.3) is 38.7 Å². The number of hydrogen-bond donors (Lipinski definition) is 0. The Hall–Kier alpha value is -6.08. The number of rotatable bonds is 5. The Morgan fingerprint density at radius 3 is 2.02 bits per heavy atom. The van der Waals surface area contributed by atoms with Crippen molar-refractivity contribution in [1.29, 1.82) is 0 Å². The average Bonchev–Trinajstić information content (AvgIpc) is 3.88. The number of anilines is 4. The molecule has 0 atom stereocenters. The van der Waals surface area contributed by atoms with E-state index >= 15 is 0 Å². The molecule has 0 amide bonds. The van der Waals surface area contributed by atoms with E-state index < -0.39 is 0 Å². The highest BCUT2D eigenvalue weighted by molar-refractivity contribution is 6.10. The second kappa shape index (κ2) is 13.7. The summed E-state index contributed by atoms with van der Waals surface area (Å²) in [5.74, 6) is 3.67. The lowest BCUT2D eigenvalue weighted by Gasteiger charge is -2.24. The highest BCUT2D eigenvalue weighted by atomic mass is 16.5. The number of ether oxygens (including phenoxy) is 1. The first kappa shape index (κ1) is 38.1. The van der Waals surface area contributed by atoms with Crippen molar-refractivity contribution in [3.8, 4) is 17.3 Å². The molecule has 7 nitrogen and oxygen atoms in total. The molecule has 2 aliphatic rings. The fourth-order valence-electron chi connectivity index (χ4n) is 9.14. The lowest BCUT2D eigenvalue weighted by atomic mass is 9.86. The van der Waals surface area contributed by atoms with E-state index in [0.717, 1.165) is 58.2 Å². The number of nitrogens with zero attached hydrogens (tertiary/aromatic N) is 6. The number of imidazole rings is 1. The van der Waals surface area contributed by atoms with E-state index in [1.807, 2.05) is 6.20 Å². The van der Waals surface area contributed by atoms with Gasteiger partial charge in [-0.25, -0.2) is 9.97 Å². The molecule has 0 unspecified atom stereocenters. The molecule has 304 valence electrons. The van der Waals surface area contributed by atoms with Gasteiger partial charge in [0.1, 0.15) is 29.8 Å². The van der Waals surface area contributed by atoms with Gasteiger partial charge in [0.25, 0.3) is 0 Å². The smallest absolute Gasteiger partial charge is 0.137 e. The summed E-state index contributed by atoms with van der Waals surface area (Å²) in [4.78, 5) is 14.9. The van der Waals surface area contributed by atoms with Crippen LogP contribution >= 0.6 is 0 Å². The normalized spacial score (nSPS) is 14.7. The van der Waals surface area contributed by atoms with Crippen molar-refractivity contribution in [3.63, 3.8) is 0 Å². The molecule has 0 saturated carbocycles. The lowest BCUT2D eigenvalue weighted by molar-refractivity contribution is 0.483. The van der Waals surface area contributed by atoms with Gasteiger partial charge in [0, 0.05) is 53.4 Å². The van der Waals surface area contributed by atoms with E-state index in [2.05, 4.69) is 190 Å². The summed E-state index contributed by atoms with van der Waals surface area (Å²) in [5.41, 5.74) is 13.1. The quantitative estimate of drug-likeness (QED) is 0.174. The second-order valence-electron chi connectivity index (χ2n) is 20.0. The van der Waals surface area contributed by atoms with Crippen LogP contribution in [-0.4, -0.2) is 25.8 Å². The van der Waals surface area contributed by atoms with Gasteiger partial charge < -0.3 is 19.1 Å². The van der Waals surface area contributed by atoms with Crippen LogP contribution in [0.2, 0.25) is 0 Å². The van der Waals surface area contributed by atoms with Crippen molar-refractivity contribution in [2.45, 2.75) is 104 Å². The summed E-state index contributed by atoms with van der Waals surface area (Å²) in [6, 6.07) is 40.0. The minimum atomic E-state index is -0.0109. The monoisotopic (exact) mass is 792 g/mol. The zero-order valence-corrected chi connectivity index (χ0v) is 36.6. The first-order chi connectivity index (χ1) is 28.6. The van der Waals surface area contributed by atoms with Crippen LogP contribution in [0.15, 0.2) is 115 Å². The molecular formula is C53H56N6O. The number of fused-ring (bicyclic) bond motifs is 7. The summed E-state index contributed by atoms with van der Waals surface area (Å²) in [6.45, 7) is 22.1. The maximum atomic E-state index is 6.81. The third-order valence-electron chi connectivity index (χ3n) is 12.7. The van der Waals surface area contributed by atoms with Gasteiger partial charge in [0.05, 0.1) is 33.4 Å². The minimum absolute atomic E-state index is 0.0109. The van der Waals surface area contributed by atoms with Gasteiger partial charge in [-0.15, -0.1) is 0 Å². The zero-order valence-electron chi connectivity index (χ0n) is 36.6. The molecule has 8 aromatic rings. The molecular weight excluding hydrogens is 737 g/mol. The van der Waals surface area contributed by atoms with Crippen LogP contribution in [0.5, 0.6) is 11.5 Å². The van der Waals surface area contributed by atoms with Crippen LogP contribution in [0.1, 0.15) is 97.7 Å². The van der Waals surface area contributed by atoms with E-state index in [0.29, 0.717) is 6.67 Å². The van der Waals surface area contributed by atoms with Crippen molar-refractivity contribution in [2.24, 2.45) is 0 Å². The Bertz CT molecular complexity index is 2950. The molecule has 3 aromatic heterocycles. The fraction of sp³-hybridized carbons (Fsp3) is 0.321. The second-order valence-corrected chi connectivity index (χ2v) is 20.0. The van der Waals surface area contributed by atoms with Crippen LogP contribution in [0.4, 0.5) is 22.7 Å². The van der Waals surface area contributed by atoms with Crippen molar-refractivity contribution < 1.29 is 4.74 Å². The predicted molar refractivity (Wildman–Crippen MR) is 249 cm³/mol. The van der Waals surface area contributed by atoms with Crippen molar-refractivity contribution in [3.05, 3.63) is 138 Å². The summed E-state index contributed by atoms with van der Waals surface area (Å²) < 4.78 is 11.5. The van der Waals surface area contributed by atoms with Gasteiger partial charge in [-0.2, -0.15) is 0 Å². The Balaban J connectivity index is 1.05. The molecule has 0 saturated heterocycles. The lowest BCUT2D eigenvalue weighted by Crippen LogP contribution is -2.24. The largest absolute Gasteiger partial charge is 0.457 e. The zero-order chi connectivity index (χ0) is 41.7. The molecule has 5 heterocycles. The predicted octanol–water partition coefficient (Wildman–Crippen LogP) is 13.8. The van der Waals surface area contributed by atoms with E-state index in [9.17, 15) is 0 Å². The number of aryl methyl sites for hydroxylation is 2. The molecule has 0 fully saturated rings. The molecule has 0 bridgehead atoms. The Labute approximate surface area is 354 Å². The summed E-state index contributed by atoms with van der Waals surface area (Å²) >= 11 is 0.